The molecule has 1 heterocycles. The van der Waals surface area contributed by atoms with Crippen LogP contribution >= 0.6 is 24.0 Å². The molecule has 6 nitrogen and oxygen atoms in total. The number of aliphatic imine (C=N–C) groups is 1. The van der Waals surface area contributed by atoms with E-state index in [4.69, 9.17) is 4.99 Å². The number of carbonyl (C=O) groups excluding carboxylic acids is 1. The maximum Gasteiger partial charge on any atom is 0.321 e. The van der Waals surface area contributed by atoms with Crippen molar-refractivity contribution in [1.29, 1.82) is 0 Å². The van der Waals surface area contributed by atoms with Crippen molar-refractivity contribution in [3.8, 4) is 0 Å². The molecule has 0 radical (unpaired) electrons. The standard InChI is InChI=1S/C23H37N5O.HI/c1-4-6-7-8-9-15-27(3)22(24-5-2)25-19-20-13-12-14-21(18-20)26-23(29)28-16-10-11-17-28;/h4,12-14,18H,1,5-11,15-17,19H2,2-3H3,(H,24,25)(H,26,29);1H. The number of hydrogen-bond donors (Lipinski definition) is 2. The number of halogens is 1. The van der Waals surface area contributed by atoms with Gasteiger partial charge in [-0.2, -0.15) is 0 Å². The molecule has 1 aliphatic rings. The molecule has 1 aromatic rings. The molecule has 0 aromatic heterocycles. The molecule has 0 aliphatic carbocycles. The Morgan fingerprint density at radius 3 is 2.73 bits per heavy atom. The summed E-state index contributed by atoms with van der Waals surface area (Å²) in [7, 11) is 2.09. The van der Waals surface area contributed by atoms with Gasteiger partial charge in [-0.3, -0.25) is 0 Å². The molecule has 1 aliphatic heterocycles. The second-order valence-corrected chi connectivity index (χ2v) is 7.55. The van der Waals surface area contributed by atoms with E-state index in [0.717, 1.165) is 69.1 Å². The minimum atomic E-state index is -0.00678. The number of guanidine groups is 1. The van der Waals surface area contributed by atoms with Crippen LogP contribution in [0.2, 0.25) is 0 Å². The molecule has 2 N–H and O–H groups in total. The number of urea groups is 1. The van der Waals surface area contributed by atoms with Gasteiger partial charge in [0.1, 0.15) is 0 Å². The minimum Gasteiger partial charge on any atom is -0.357 e. The fourth-order valence-corrected chi connectivity index (χ4v) is 3.43. The van der Waals surface area contributed by atoms with Gasteiger partial charge in [0.05, 0.1) is 6.54 Å². The van der Waals surface area contributed by atoms with Gasteiger partial charge in [-0.1, -0.05) is 24.6 Å². The fourth-order valence-electron chi connectivity index (χ4n) is 3.43. The van der Waals surface area contributed by atoms with Gasteiger partial charge in [-0.25, -0.2) is 9.79 Å². The summed E-state index contributed by atoms with van der Waals surface area (Å²) >= 11 is 0. The summed E-state index contributed by atoms with van der Waals surface area (Å²) in [4.78, 5) is 21.2. The fraction of sp³-hybridized carbons (Fsp3) is 0.565. The predicted molar refractivity (Wildman–Crippen MR) is 138 cm³/mol. The van der Waals surface area contributed by atoms with E-state index < -0.39 is 0 Å². The third kappa shape index (κ3) is 9.36. The normalized spacial score (nSPS) is 13.5. The Balaban J connectivity index is 0.00000450. The summed E-state index contributed by atoms with van der Waals surface area (Å²) < 4.78 is 0. The van der Waals surface area contributed by atoms with E-state index in [1.807, 2.05) is 35.2 Å². The molecule has 0 spiro atoms. The molecule has 1 saturated heterocycles. The van der Waals surface area contributed by atoms with Crippen LogP contribution in [0.1, 0.15) is 51.0 Å². The molecule has 30 heavy (non-hydrogen) atoms. The van der Waals surface area contributed by atoms with Gasteiger partial charge in [-0.05, 0) is 56.7 Å². The quantitative estimate of drug-likeness (QED) is 0.147. The summed E-state index contributed by atoms with van der Waals surface area (Å²) in [6.45, 7) is 9.96. The van der Waals surface area contributed by atoms with E-state index in [9.17, 15) is 4.79 Å². The summed E-state index contributed by atoms with van der Waals surface area (Å²) in [6, 6.07) is 7.96. The highest BCUT2D eigenvalue weighted by molar-refractivity contribution is 14.0. The Kier molecular flexibility index (Phi) is 13.2. The minimum absolute atomic E-state index is 0. The van der Waals surface area contributed by atoms with E-state index in [2.05, 4.69) is 36.1 Å². The highest BCUT2D eigenvalue weighted by Crippen LogP contribution is 2.15. The van der Waals surface area contributed by atoms with E-state index in [1.54, 1.807) is 0 Å². The number of nitrogens with zero attached hydrogens (tertiary/aromatic N) is 3. The number of likely N-dealkylation sites (tertiary alicyclic amines) is 1. The predicted octanol–water partition coefficient (Wildman–Crippen LogP) is 5.08. The summed E-state index contributed by atoms with van der Waals surface area (Å²) in [5, 5.41) is 6.38. The molecular formula is C23H38IN5O. The number of allylic oxidation sites excluding steroid dienone is 1. The van der Waals surface area contributed by atoms with Crippen LogP contribution in [0.4, 0.5) is 10.5 Å². The van der Waals surface area contributed by atoms with Crippen molar-refractivity contribution < 1.29 is 4.79 Å². The zero-order valence-electron chi connectivity index (χ0n) is 18.5. The Labute approximate surface area is 199 Å². The first-order valence-electron chi connectivity index (χ1n) is 10.9. The first-order chi connectivity index (χ1) is 14.1. The average molecular weight is 527 g/mol. The molecule has 1 fully saturated rings. The molecule has 0 saturated carbocycles. The lowest BCUT2D eigenvalue weighted by molar-refractivity contribution is 0.222. The topological polar surface area (TPSA) is 60.0 Å². The highest BCUT2D eigenvalue weighted by Gasteiger charge is 2.17. The molecule has 1 aromatic carbocycles. The van der Waals surface area contributed by atoms with E-state index in [0.29, 0.717) is 6.54 Å². The summed E-state index contributed by atoms with van der Waals surface area (Å²) in [5.74, 6) is 0.919. The van der Waals surface area contributed by atoms with Crippen molar-refractivity contribution in [2.45, 2.75) is 52.0 Å². The van der Waals surface area contributed by atoms with E-state index in [-0.39, 0.29) is 30.0 Å². The van der Waals surface area contributed by atoms with Crippen molar-refractivity contribution in [3.05, 3.63) is 42.5 Å². The highest BCUT2D eigenvalue weighted by atomic mass is 127. The number of carbonyl (C=O) groups is 1. The SMILES string of the molecule is C=CCCCCCN(C)C(=NCc1cccc(NC(=O)N2CCCC2)c1)NCC.I. The lowest BCUT2D eigenvalue weighted by Crippen LogP contribution is -2.39. The van der Waals surface area contributed by atoms with Crippen LogP contribution in [0.3, 0.4) is 0 Å². The van der Waals surface area contributed by atoms with Crippen molar-refractivity contribution in [3.63, 3.8) is 0 Å². The maximum atomic E-state index is 12.3. The van der Waals surface area contributed by atoms with Crippen molar-refractivity contribution >= 4 is 41.7 Å². The molecular weight excluding hydrogens is 489 g/mol. The Hall–Kier alpha value is -1.77. The smallest absolute Gasteiger partial charge is 0.321 e. The monoisotopic (exact) mass is 527 g/mol. The van der Waals surface area contributed by atoms with Crippen LogP contribution in [-0.2, 0) is 6.54 Å². The van der Waals surface area contributed by atoms with Crippen LogP contribution < -0.4 is 10.6 Å². The van der Waals surface area contributed by atoms with E-state index >= 15 is 0 Å². The summed E-state index contributed by atoms with van der Waals surface area (Å²) in [6.07, 6.45) is 8.80. The maximum absolute atomic E-state index is 12.3. The van der Waals surface area contributed by atoms with Gasteiger partial charge >= 0.3 is 6.03 Å². The van der Waals surface area contributed by atoms with Gasteiger partial charge in [0, 0.05) is 38.9 Å². The first kappa shape index (κ1) is 26.3. The lowest BCUT2D eigenvalue weighted by Gasteiger charge is -2.22. The number of anilines is 1. The van der Waals surface area contributed by atoms with Crippen LogP contribution in [0.5, 0.6) is 0 Å². The summed E-state index contributed by atoms with van der Waals surface area (Å²) in [5.41, 5.74) is 1.91. The van der Waals surface area contributed by atoms with Gasteiger partial charge < -0.3 is 20.4 Å². The third-order valence-corrected chi connectivity index (χ3v) is 5.08. The first-order valence-corrected chi connectivity index (χ1v) is 10.9. The average Bonchev–Trinajstić information content (AvgIpc) is 3.26. The number of amides is 2. The Bertz CT molecular complexity index is 673. The van der Waals surface area contributed by atoms with Gasteiger partial charge in [0.2, 0.25) is 0 Å². The van der Waals surface area contributed by atoms with Crippen LogP contribution in [0.25, 0.3) is 0 Å². The number of nitrogens with one attached hydrogen (secondary N) is 2. The van der Waals surface area contributed by atoms with Crippen molar-refractivity contribution in [2.75, 3.05) is 38.5 Å². The second-order valence-electron chi connectivity index (χ2n) is 7.55. The number of benzene rings is 1. The second kappa shape index (κ2) is 15.1. The molecule has 0 bridgehead atoms. The van der Waals surface area contributed by atoms with Crippen molar-refractivity contribution in [2.24, 2.45) is 4.99 Å². The number of unbranched alkanes of at least 4 members (excludes halogenated alkanes) is 3. The van der Waals surface area contributed by atoms with Gasteiger partial charge in [0.25, 0.3) is 0 Å². The zero-order valence-corrected chi connectivity index (χ0v) is 20.9. The Morgan fingerprint density at radius 1 is 1.27 bits per heavy atom. The van der Waals surface area contributed by atoms with Crippen LogP contribution in [0, 0.1) is 0 Å². The number of rotatable bonds is 10. The van der Waals surface area contributed by atoms with E-state index in [1.165, 1.54) is 12.8 Å². The van der Waals surface area contributed by atoms with Crippen LogP contribution in [0.15, 0.2) is 41.9 Å². The molecule has 0 atom stereocenters. The Morgan fingerprint density at radius 2 is 2.03 bits per heavy atom. The zero-order chi connectivity index (χ0) is 20.9. The molecule has 7 heteroatoms. The van der Waals surface area contributed by atoms with Crippen LogP contribution in [-0.4, -0.2) is 55.0 Å². The molecule has 0 unspecified atom stereocenters. The third-order valence-electron chi connectivity index (χ3n) is 5.08. The largest absolute Gasteiger partial charge is 0.357 e. The molecule has 168 valence electrons. The van der Waals surface area contributed by atoms with Gasteiger partial charge in [-0.15, -0.1) is 30.6 Å². The lowest BCUT2D eigenvalue weighted by atomic mass is 10.2. The number of hydrogen-bond acceptors (Lipinski definition) is 2. The molecule has 2 amide bonds. The van der Waals surface area contributed by atoms with Crippen molar-refractivity contribution in [1.82, 2.24) is 15.1 Å². The van der Waals surface area contributed by atoms with Gasteiger partial charge in [0.15, 0.2) is 5.96 Å². The molecule has 2 rings (SSSR count).